The summed E-state index contributed by atoms with van der Waals surface area (Å²) >= 11 is 6.70. The minimum Gasteiger partial charge on any atom is -0.444 e. The molecule has 2 unspecified atom stereocenters. The third-order valence-corrected chi connectivity index (χ3v) is 6.75. The van der Waals surface area contributed by atoms with Gasteiger partial charge in [0.05, 0.1) is 5.02 Å². The normalized spacial score (nSPS) is 24.1. The monoisotopic (exact) mass is 477 g/mol. The first-order valence-corrected chi connectivity index (χ1v) is 11.5. The number of halogens is 1. The van der Waals surface area contributed by atoms with E-state index in [1.165, 1.54) is 0 Å². The van der Waals surface area contributed by atoms with E-state index in [9.17, 15) is 24.3 Å². The predicted molar refractivity (Wildman–Crippen MR) is 119 cm³/mol. The standard InChI is InChI=1S/C23H28ClN3O6/c1-23(2,3)33-22(32)26-10-8-12(9-11-26)13-4-5-14-17(18(13)24)21(31)27(20(14)30)15-6-7-16(28)25-19(15)29/h4-5,12,15,21,31H,6-11H2,1-3H3,(H,25,28,29). The van der Waals surface area contributed by atoms with E-state index in [1.807, 2.05) is 20.8 Å². The second-order valence-electron chi connectivity index (χ2n) is 9.72. The summed E-state index contributed by atoms with van der Waals surface area (Å²) in [6.45, 7) is 6.50. The van der Waals surface area contributed by atoms with Crippen LogP contribution in [0.2, 0.25) is 5.02 Å². The second kappa shape index (κ2) is 8.61. The maximum atomic E-state index is 13.0. The van der Waals surface area contributed by atoms with Gasteiger partial charge in [0, 0.05) is 30.6 Å². The third-order valence-electron chi connectivity index (χ3n) is 6.33. The molecule has 2 fully saturated rings. The van der Waals surface area contributed by atoms with E-state index < -0.39 is 35.6 Å². The molecule has 3 aliphatic rings. The van der Waals surface area contributed by atoms with Crippen LogP contribution in [-0.2, 0) is 14.3 Å². The van der Waals surface area contributed by atoms with Gasteiger partial charge < -0.3 is 14.7 Å². The molecule has 10 heteroatoms. The Morgan fingerprint density at radius 2 is 1.82 bits per heavy atom. The lowest BCUT2D eigenvalue weighted by molar-refractivity contribution is -0.139. The van der Waals surface area contributed by atoms with Crippen molar-refractivity contribution in [1.29, 1.82) is 0 Å². The Morgan fingerprint density at radius 1 is 1.15 bits per heavy atom. The molecule has 1 aromatic rings. The van der Waals surface area contributed by atoms with Crippen molar-refractivity contribution in [3.05, 3.63) is 33.8 Å². The van der Waals surface area contributed by atoms with Gasteiger partial charge in [-0.15, -0.1) is 0 Å². The quantitative estimate of drug-likeness (QED) is 0.632. The summed E-state index contributed by atoms with van der Waals surface area (Å²) < 4.78 is 5.44. The zero-order chi connectivity index (χ0) is 24.1. The number of nitrogens with zero attached hydrogens (tertiary/aromatic N) is 2. The molecule has 2 N–H and O–H groups in total. The van der Waals surface area contributed by atoms with Crippen LogP contribution in [0.25, 0.3) is 0 Å². The van der Waals surface area contributed by atoms with E-state index in [1.54, 1.807) is 17.0 Å². The van der Waals surface area contributed by atoms with Gasteiger partial charge in [0.2, 0.25) is 11.8 Å². The highest BCUT2D eigenvalue weighted by Gasteiger charge is 2.46. The Hall–Kier alpha value is -2.65. The number of imide groups is 1. The van der Waals surface area contributed by atoms with E-state index in [2.05, 4.69) is 5.32 Å². The molecule has 178 valence electrons. The second-order valence-corrected chi connectivity index (χ2v) is 10.1. The molecule has 0 saturated carbocycles. The van der Waals surface area contributed by atoms with E-state index in [0.717, 1.165) is 10.5 Å². The van der Waals surface area contributed by atoms with Gasteiger partial charge in [0.1, 0.15) is 11.6 Å². The van der Waals surface area contributed by atoms with Crippen LogP contribution in [-0.4, -0.2) is 63.5 Å². The first-order valence-electron chi connectivity index (χ1n) is 11.1. The number of aliphatic hydroxyl groups excluding tert-OH is 1. The lowest BCUT2D eigenvalue weighted by Gasteiger charge is -2.34. The van der Waals surface area contributed by atoms with Crippen molar-refractivity contribution in [2.75, 3.05) is 13.1 Å². The fourth-order valence-electron chi connectivity index (χ4n) is 4.71. The molecule has 1 aromatic carbocycles. The molecule has 0 aliphatic carbocycles. The van der Waals surface area contributed by atoms with Gasteiger partial charge in [-0.1, -0.05) is 17.7 Å². The molecule has 2 saturated heterocycles. The minimum absolute atomic E-state index is 0.0495. The predicted octanol–water partition coefficient (Wildman–Crippen LogP) is 2.71. The number of fused-ring (bicyclic) bond motifs is 1. The molecule has 4 amide bonds. The Kier molecular flexibility index (Phi) is 6.13. The van der Waals surface area contributed by atoms with Gasteiger partial charge in [0.15, 0.2) is 6.23 Å². The molecule has 0 aromatic heterocycles. The molecule has 2 atom stereocenters. The number of nitrogens with one attached hydrogen (secondary N) is 1. The molecule has 0 spiro atoms. The van der Waals surface area contributed by atoms with Crippen molar-refractivity contribution >= 4 is 35.4 Å². The summed E-state index contributed by atoms with van der Waals surface area (Å²) in [6, 6.07) is 2.48. The Morgan fingerprint density at radius 3 is 2.42 bits per heavy atom. The molecule has 3 aliphatic heterocycles. The van der Waals surface area contributed by atoms with Gasteiger partial charge in [0.25, 0.3) is 5.91 Å². The van der Waals surface area contributed by atoms with Crippen LogP contribution in [0.3, 0.4) is 0 Å². The summed E-state index contributed by atoms with van der Waals surface area (Å²) in [5.41, 5.74) is 0.788. The number of likely N-dealkylation sites (tertiary alicyclic amines) is 1. The molecule has 9 nitrogen and oxygen atoms in total. The van der Waals surface area contributed by atoms with Crippen LogP contribution in [0, 0.1) is 0 Å². The van der Waals surface area contributed by atoms with Crippen LogP contribution in [0.1, 0.15) is 80.1 Å². The lowest BCUT2D eigenvalue weighted by Crippen LogP contribution is -2.53. The molecule has 4 rings (SSSR count). The SMILES string of the molecule is CC(C)(C)OC(=O)N1CCC(c2ccc3c(c2Cl)C(O)N(C2CCC(=O)NC2=O)C3=O)CC1. The molecule has 0 radical (unpaired) electrons. The lowest BCUT2D eigenvalue weighted by atomic mass is 9.87. The van der Waals surface area contributed by atoms with Crippen molar-refractivity contribution in [3.63, 3.8) is 0 Å². The Labute approximate surface area is 197 Å². The number of amides is 4. The molecular formula is C23H28ClN3O6. The Balaban J connectivity index is 1.51. The van der Waals surface area contributed by atoms with Crippen molar-refractivity contribution in [2.45, 2.75) is 70.2 Å². The maximum absolute atomic E-state index is 13.0. The Bertz CT molecular complexity index is 1010. The number of piperidine rings is 2. The first-order chi connectivity index (χ1) is 15.5. The average Bonchev–Trinajstić information content (AvgIpc) is 2.98. The molecule has 33 heavy (non-hydrogen) atoms. The minimum atomic E-state index is -1.37. The van der Waals surface area contributed by atoms with Crippen LogP contribution in [0.4, 0.5) is 4.79 Å². The summed E-state index contributed by atoms with van der Waals surface area (Å²) in [5.74, 6) is -1.43. The van der Waals surface area contributed by atoms with Crippen LogP contribution in [0.15, 0.2) is 12.1 Å². The van der Waals surface area contributed by atoms with Gasteiger partial charge in [-0.05, 0) is 57.6 Å². The largest absolute Gasteiger partial charge is 0.444 e. The fraction of sp³-hybridized carbons (Fsp3) is 0.565. The number of carbonyl (C=O) groups excluding carboxylic acids is 4. The van der Waals surface area contributed by atoms with Gasteiger partial charge in [-0.2, -0.15) is 0 Å². The number of ether oxygens (including phenoxy) is 1. The summed E-state index contributed by atoms with van der Waals surface area (Å²) in [5, 5.41) is 13.5. The summed E-state index contributed by atoms with van der Waals surface area (Å²) in [6.07, 6.45) is -0.141. The highest BCUT2D eigenvalue weighted by molar-refractivity contribution is 6.33. The van der Waals surface area contributed by atoms with Crippen LogP contribution in [0.5, 0.6) is 0 Å². The fourth-order valence-corrected chi connectivity index (χ4v) is 5.13. The van der Waals surface area contributed by atoms with Gasteiger partial charge in [-0.25, -0.2) is 4.79 Å². The maximum Gasteiger partial charge on any atom is 0.410 e. The van der Waals surface area contributed by atoms with Crippen LogP contribution >= 0.6 is 11.6 Å². The van der Waals surface area contributed by atoms with E-state index in [-0.39, 0.29) is 30.4 Å². The van der Waals surface area contributed by atoms with Crippen molar-refractivity contribution < 1.29 is 29.0 Å². The first kappa shape index (κ1) is 23.5. The number of rotatable bonds is 2. The molecular weight excluding hydrogens is 450 g/mol. The van der Waals surface area contributed by atoms with Crippen molar-refractivity contribution in [1.82, 2.24) is 15.1 Å². The number of aliphatic hydroxyl groups is 1. The highest BCUT2D eigenvalue weighted by atomic mass is 35.5. The van der Waals surface area contributed by atoms with E-state index in [4.69, 9.17) is 16.3 Å². The number of hydrogen-bond donors (Lipinski definition) is 2. The van der Waals surface area contributed by atoms with Gasteiger partial charge >= 0.3 is 6.09 Å². The molecule has 0 bridgehead atoms. The van der Waals surface area contributed by atoms with E-state index >= 15 is 0 Å². The number of carbonyl (C=O) groups is 4. The molecule has 3 heterocycles. The van der Waals surface area contributed by atoms with E-state index in [0.29, 0.717) is 36.5 Å². The van der Waals surface area contributed by atoms with Gasteiger partial charge in [-0.3, -0.25) is 24.6 Å². The van der Waals surface area contributed by atoms with Crippen LogP contribution < -0.4 is 5.32 Å². The zero-order valence-electron chi connectivity index (χ0n) is 18.9. The number of benzene rings is 1. The topological polar surface area (TPSA) is 116 Å². The zero-order valence-corrected chi connectivity index (χ0v) is 19.6. The highest BCUT2D eigenvalue weighted by Crippen LogP contribution is 2.44. The summed E-state index contributed by atoms with van der Waals surface area (Å²) in [7, 11) is 0. The van der Waals surface area contributed by atoms with Crippen molar-refractivity contribution in [3.8, 4) is 0 Å². The third kappa shape index (κ3) is 4.44. The average molecular weight is 478 g/mol. The summed E-state index contributed by atoms with van der Waals surface area (Å²) in [4.78, 5) is 51.9. The van der Waals surface area contributed by atoms with Crippen molar-refractivity contribution in [2.24, 2.45) is 0 Å². The number of hydrogen-bond acceptors (Lipinski definition) is 6. The smallest absolute Gasteiger partial charge is 0.410 e.